The minimum atomic E-state index is -5.08. The van der Waals surface area contributed by atoms with Gasteiger partial charge in [0.05, 0.1) is 18.6 Å². The SMILES string of the molecule is Cc1nc([C@H]2C[C@@H]3CCN(Cc4ccoc4)C[C@H]3O2)n[nH]1.O=C(O)C(F)(F)F. The molecular weight excluding hydrogens is 381 g/mol. The van der Waals surface area contributed by atoms with Gasteiger partial charge in [-0.05, 0) is 38.3 Å². The Bertz CT molecular complexity index is 778. The number of carbonyl (C=O) groups is 1. The molecule has 2 fully saturated rings. The Morgan fingerprint density at radius 3 is 2.79 bits per heavy atom. The molecule has 2 saturated heterocycles. The van der Waals surface area contributed by atoms with Gasteiger partial charge in [-0.3, -0.25) is 10.00 Å². The summed E-state index contributed by atoms with van der Waals surface area (Å²) in [6.45, 7) is 4.96. The number of fused-ring (bicyclic) bond motifs is 1. The van der Waals surface area contributed by atoms with Crippen LogP contribution in [0.15, 0.2) is 23.0 Å². The lowest BCUT2D eigenvalue weighted by atomic mass is 9.91. The van der Waals surface area contributed by atoms with Crippen molar-refractivity contribution >= 4 is 5.97 Å². The number of rotatable bonds is 3. The van der Waals surface area contributed by atoms with E-state index in [1.54, 1.807) is 6.26 Å². The average molecular weight is 402 g/mol. The molecule has 0 unspecified atom stereocenters. The van der Waals surface area contributed by atoms with Crippen LogP contribution in [0.3, 0.4) is 0 Å². The molecule has 4 rings (SSSR count). The number of aromatic amines is 1. The number of hydrogen-bond donors (Lipinski definition) is 2. The van der Waals surface area contributed by atoms with Crippen LogP contribution in [-0.4, -0.2) is 56.5 Å². The number of halogens is 3. The summed E-state index contributed by atoms with van der Waals surface area (Å²) in [5.74, 6) is -0.463. The Labute approximate surface area is 158 Å². The summed E-state index contributed by atoms with van der Waals surface area (Å²) < 4.78 is 43.1. The lowest BCUT2D eigenvalue weighted by Gasteiger charge is -2.33. The van der Waals surface area contributed by atoms with Crippen molar-refractivity contribution in [2.75, 3.05) is 13.1 Å². The van der Waals surface area contributed by atoms with Crippen molar-refractivity contribution in [2.24, 2.45) is 5.92 Å². The molecule has 154 valence electrons. The predicted molar refractivity (Wildman–Crippen MR) is 89.1 cm³/mol. The second-order valence-corrected chi connectivity index (χ2v) is 6.90. The van der Waals surface area contributed by atoms with E-state index < -0.39 is 12.1 Å². The fourth-order valence-electron chi connectivity index (χ4n) is 3.45. The maximum atomic E-state index is 10.6. The first kappa shape index (κ1) is 20.3. The van der Waals surface area contributed by atoms with Gasteiger partial charge in [-0.1, -0.05) is 0 Å². The second-order valence-electron chi connectivity index (χ2n) is 6.90. The largest absolute Gasteiger partial charge is 0.490 e. The van der Waals surface area contributed by atoms with Crippen LogP contribution in [0, 0.1) is 12.8 Å². The first-order chi connectivity index (χ1) is 13.2. The van der Waals surface area contributed by atoms with Crippen molar-refractivity contribution in [2.45, 2.75) is 44.7 Å². The maximum Gasteiger partial charge on any atom is 0.490 e. The van der Waals surface area contributed by atoms with Gasteiger partial charge >= 0.3 is 12.1 Å². The average Bonchev–Trinajstić information content (AvgIpc) is 3.34. The third-order valence-electron chi connectivity index (χ3n) is 4.77. The van der Waals surface area contributed by atoms with Gasteiger partial charge in [-0.2, -0.15) is 18.3 Å². The van der Waals surface area contributed by atoms with Gasteiger partial charge in [0.1, 0.15) is 11.9 Å². The summed E-state index contributed by atoms with van der Waals surface area (Å²) in [4.78, 5) is 15.8. The van der Waals surface area contributed by atoms with Gasteiger partial charge in [-0.25, -0.2) is 9.78 Å². The number of furan rings is 1. The summed E-state index contributed by atoms with van der Waals surface area (Å²) in [5.41, 5.74) is 1.23. The number of likely N-dealkylation sites (tertiary alicyclic amines) is 1. The molecule has 2 N–H and O–H groups in total. The number of hydrogen-bond acceptors (Lipinski definition) is 6. The van der Waals surface area contributed by atoms with Crippen LogP contribution in [0.1, 0.15) is 36.2 Å². The molecule has 28 heavy (non-hydrogen) atoms. The minimum absolute atomic E-state index is 0.0545. The van der Waals surface area contributed by atoms with Gasteiger partial charge in [-0.15, -0.1) is 0 Å². The van der Waals surface area contributed by atoms with Crippen molar-refractivity contribution in [1.82, 2.24) is 20.1 Å². The van der Waals surface area contributed by atoms with Gasteiger partial charge in [0, 0.05) is 18.7 Å². The Balaban J connectivity index is 0.000000279. The smallest absolute Gasteiger partial charge is 0.475 e. The van der Waals surface area contributed by atoms with Crippen LogP contribution in [0.4, 0.5) is 13.2 Å². The van der Waals surface area contributed by atoms with E-state index in [4.69, 9.17) is 19.1 Å². The van der Waals surface area contributed by atoms with Crippen LogP contribution in [-0.2, 0) is 16.1 Å². The van der Waals surface area contributed by atoms with E-state index in [0.717, 1.165) is 37.7 Å². The monoisotopic (exact) mass is 402 g/mol. The van der Waals surface area contributed by atoms with Crippen molar-refractivity contribution in [1.29, 1.82) is 0 Å². The van der Waals surface area contributed by atoms with E-state index in [-0.39, 0.29) is 6.10 Å². The molecule has 8 nitrogen and oxygen atoms in total. The number of aromatic nitrogens is 3. The number of alkyl halides is 3. The number of H-pyrrole nitrogens is 1. The van der Waals surface area contributed by atoms with Crippen LogP contribution >= 0.6 is 0 Å². The fourth-order valence-corrected chi connectivity index (χ4v) is 3.45. The Hall–Kier alpha value is -2.40. The van der Waals surface area contributed by atoms with Crippen molar-refractivity contribution < 1.29 is 32.2 Å². The minimum Gasteiger partial charge on any atom is -0.475 e. The number of aryl methyl sites for hydroxylation is 1. The zero-order valence-electron chi connectivity index (χ0n) is 15.1. The Morgan fingerprint density at radius 2 is 2.21 bits per heavy atom. The van der Waals surface area contributed by atoms with E-state index in [2.05, 4.69) is 20.1 Å². The highest BCUT2D eigenvalue weighted by molar-refractivity contribution is 5.73. The number of nitrogens with zero attached hydrogens (tertiary/aromatic N) is 3. The summed E-state index contributed by atoms with van der Waals surface area (Å²) in [6.07, 6.45) is 1.05. The molecular formula is C17H21F3N4O4. The molecule has 11 heteroatoms. The first-order valence-electron chi connectivity index (χ1n) is 8.80. The van der Waals surface area contributed by atoms with E-state index >= 15 is 0 Å². The molecule has 0 aromatic carbocycles. The van der Waals surface area contributed by atoms with Crippen molar-refractivity contribution in [3.05, 3.63) is 35.8 Å². The Kier molecular flexibility index (Phi) is 6.04. The highest BCUT2D eigenvalue weighted by atomic mass is 19.4. The molecule has 3 atom stereocenters. The van der Waals surface area contributed by atoms with Gasteiger partial charge in [0.25, 0.3) is 0 Å². The highest BCUT2D eigenvalue weighted by Crippen LogP contribution is 2.40. The predicted octanol–water partition coefficient (Wildman–Crippen LogP) is 2.69. The van der Waals surface area contributed by atoms with Crippen molar-refractivity contribution in [3.8, 4) is 0 Å². The van der Waals surface area contributed by atoms with Gasteiger partial charge < -0.3 is 14.3 Å². The molecule has 0 saturated carbocycles. The topological polar surface area (TPSA) is 104 Å². The van der Waals surface area contributed by atoms with E-state index in [1.807, 2.05) is 19.3 Å². The highest BCUT2D eigenvalue weighted by Gasteiger charge is 2.41. The molecule has 2 aliphatic heterocycles. The number of carboxylic acid groups (broad SMARTS) is 1. The quantitative estimate of drug-likeness (QED) is 0.813. The molecule has 2 aromatic heterocycles. The van der Waals surface area contributed by atoms with Crippen LogP contribution < -0.4 is 0 Å². The van der Waals surface area contributed by atoms with E-state index in [0.29, 0.717) is 12.0 Å². The Morgan fingerprint density at radius 1 is 1.46 bits per heavy atom. The molecule has 0 radical (unpaired) electrons. The second kappa shape index (κ2) is 8.31. The molecule has 2 aliphatic rings. The number of nitrogens with one attached hydrogen (secondary N) is 1. The van der Waals surface area contributed by atoms with Gasteiger partial charge in [0.15, 0.2) is 5.82 Å². The van der Waals surface area contributed by atoms with Crippen molar-refractivity contribution in [3.63, 3.8) is 0 Å². The number of ether oxygens (including phenoxy) is 1. The molecule has 0 bridgehead atoms. The van der Waals surface area contributed by atoms with Crippen LogP contribution in [0.5, 0.6) is 0 Å². The third-order valence-corrected chi connectivity index (χ3v) is 4.77. The van der Waals surface area contributed by atoms with Crippen LogP contribution in [0.25, 0.3) is 0 Å². The summed E-state index contributed by atoms with van der Waals surface area (Å²) in [5, 5.41) is 14.3. The fraction of sp³-hybridized carbons (Fsp3) is 0.588. The molecule has 0 aliphatic carbocycles. The third kappa shape index (κ3) is 5.10. The lowest BCUT2D eigenvalue weighted by Crippen LogP contribution is -2.41. The van der Waals surface area contributed by atoms with Crippen LogP contribution in [0.2, 0.25) is 0 Å². The summed E-state index contributed by atoms with van der Waals surface area (Å²) in [6, 6.07) is 2.03. The molecule has 0 amide bonds. The number of aliphatic carboxylic acids is 1. The van der Waals surface area contributed by atoms with E-state index in [9.17, 15) is 13.2 Å². The number of carboxylic acids is 1. The van der Waals surface area contributed by atoms with E-state index in [1.165, 1.54) is 12.0 Å². The summed E-state index contributed by atoms with van der Waals surface area (Å²) in [7, 11) is 0. The number of piperidine rings is 1. The first-order valence-corrected chi connectivity index (χ1v) is 8.80. The normalized spacial score (nSPS) is 25.1. The zero-order valence-corrected chi connectivity index (χ0v) is 15.1. The zero-order chi connectivity index (χ0) is 20.3. The molecule has 4 heterocycles. The summed E-state index contributed by atoms with van der Waals surface area (Å²) >= 11 is 0. The van der Waals surface area contributed by atoms with Gasteiger partial charge in [0.2, 0.25) is 0 Å². The standard InChI is InChI=1S/C15H20N4O2.C2HF3O2/c1-10-16-15(18-17-10)13-6-12-2-4-19(8-14(12)21-13)7-11-3-5-20-9-11;3-2(4,5)1(6)7/h3,5,9,12-14H,2,4,6-8H2,1H3,(H,16,17,18);(H,6,7)/t12-,13+,14+;/m0./s1. The molecule has 0 spiro atoms. The molecule has 2 aromatic rings. The lowest BCUT2D eigenvalue weighted by molar-refractivity contribution is -0.192. The maximum absolute atomic E-state index is 10.6.